The molecule has 29 heavy (non-hydrogen) atoms. The number of sulfonamides is 1. The predicted molar refractivity (Wildman–Crippen MR) is 102 cm³/mol. The van der Waals surface area contributed by atoms with Crippen LogP contribution in [0.1, 0.15) is 11.1 Å². The molecule has 1 aliphatic rings. The SMILES string of the molecule is NS(=O)(=O)c1ccc(N2CCN(Cc3ccc(Cl)cc3)C(=O)C2)cc1C(F)(F)F. The van der Waals surface area contributed by atoms with E-state index >= 15 is 0 Å². The molecule has 1 heterocycles. The van der Waals surface area contributed by atoms with Crippen LogP contribution in [0.15, 0.2) is 47.4 Å². The molecule has 11 heteroatoms. The topological polar surface area (TPSA) is 83.7 Å². The van der Waals surface area contributed by atoms with Crippen molar-refractivity contribution in [2.24, 2.45) is 5.14 Å². The number of carbonyl (C=O) groups excluding carboxylic acids is 1. The summed E-state index contributed by atoms with van der Waals surface area (Å²) in [7, 11) is -4.54. The standard InChI is InChI=1S/C18H17ClF3N3O3S/c19-13-3-1-12(2-4-13)10-25-8-7-24(11-17(25)26)14-5-6-16(29(23,27)28)15(9-14)18(20,21)22/h1-6,9H,7-8,10-11H2,(H2,23,27,28). The molecule has 0 bridgehead atoms. The minimum atomic E-state index is -4.90. The zero-order chi connectivity index (χ0) is 21.4. The first-order chi connectivity index (χ1) is 13.4. The first-order valence-electron chi connectivity index (χ1n) is 8.46. The van der Waals surface area contributed by atoms with Crippen molar-refractivity contribution in [1.82, 2.24) is 4.90 Å². The molecule has 3 rings (SSSR count). The van der Waals surface area contributed by atoms with E-state index in [-0.39, 0.29) is 18.1 Å². The van der Waals surface area contributed by atoms with Gasteiger partial charge in [0.1, 0.15) is 0 Å². The van der Waals surface area contributed by atoms with E-state index in [0.29, 0.717) is 30.7 Å². The van der Waals surface area contributed by atoms with Crippen LogP contribution < -0.4 is 10.0 Å². The van der Waals surface area contributed by atoms with Gasteiger partial charge in [-0.3, -0.25) is 4.79 Å². The second kappa shape index (κ2) is 7.85. The molecule has 156 valence electrons. The maximum absolute atomic E-state index is 13.3. The van der Waals surface area contributed by atoms with Crippen LogP contribution in [0.4, 0.5) is 18.9 Å². The number of carbonyl (C=O) groups is 1. The number of alkyl halides is 3. The Morgan fingerprint density at radius 1 is 1.07 bits per heavy atom. The van der Waals surface area contributed by atoms with Crippen molar-refractivity contribution in [2.75, 3.05) is 24.5 Å². The van der Waals surface area contributed by atoms with Gasteiger partial charge in [0, 0.05) is 30.3 Å². The number of anilines is 1. The van der Waals surface area contributed by atoms with E-state index in [0.717, 1.165) is 11.6 Å². The van der Waals surface area contributed by atoms with Crippen molar-refractivity contribution in [3.63, 3.8) is 0 Å². The van der Waals surface area contributed by atoms with Crippen LogP contribution in [-0.2, 0) is 27.5 Å². The maximum Gasteiger partial charge on any atom is 0.417 e. The molecule has 1 fully saturated rings. The summed E-state index contributed by atoms with van der Waals surface area (Å²) in [6, 6.07) is 9.76. The van der Waals surface area contributed by atoms with Crippen molar-refractivity contribution in [2.45, 2.75) is 17.6 Å². The van der Waals surface area contributed by atoms with Crippen LogP contribution in [0, 0.1) is 0 Å². The molecule has 1 saturated heterocycles. The molecule has 0 atom stereocenters. The Morgan fingerprint density at radius 3 is 2.28 bits per heavy atom. The number of halogens is 4. The molecule has 2 aromatic carbocycles. The summed E-state index contributed by atoms with van der Waals surface area (Å²) in [6.45, 7) is 0.840. The third-order valence-corrected chi connectivity index (χ3v) is 5.77. The van der Waals surface area contributed by atoms with E-state index in [1.807, 2.05) is 0 Å². The minimum absolute atomic E-state index is 0.101. The van der Waals surface area contributed by atoms with Crippen molar-refractivity contribution in [3.8, 4) is 0 Å². The number of primary sulfonamides is 1. The fourth-order valence-corrected chi connectivity index (χ4v) is 3.96. The van der Waals surface area contributed by atoms with E-state index in [4.69, 9.17) is 16.7 Å². The first-order valence-corrected chi connectivity index (χ1v) is 10.4. The Kier molecular flexibility index (Phi) is 5.79. The van der Waals surface area contributed by atoms with Crippen LogP contribution in [0.25, 0.3) is 0 Å². The highest BCUT2D eigenvalue weighted by molar-refractivity contribution is 7.89. The predicted octanol–water partition coefficient (Wildman–Crippen LogP) is 2.86. The van der Waals surface area contributed by atoms with Gasteiger partial charge < -0.3 is 9.80 Å². The van der Waals surface area contributed by atoms with E-state index in [1.165, 1.54) is 11.0 Å². The summed E-state index contributed by atoms with van der Waals surface area (Å²) < 4.78 is 62.9. The molecular weight excluding hydrogens is 431 g/mol. The van der Waals surface area contributed by atoms with Crippen LogP contribution in [0.3, 0.4) is 0 Å². The van der Waals surface area contributed by atoms with Gasteiger partial charge in [-0.15, -0.1) is 0 Å². The molecule has 0 aliphatic carbocycles. The van der Waals surface area contributed by atoms with Gasteiger partial charge in [0.2, 0.25) is 15.9 Å². The summed E-state index contributed by atoms with van der Waals surface area (Å²) in [5, 5.41) is 5.47. The second-order valence-electron chi connectivity index (χ2n) is 6.59. The molecule has 1 amide bonds. The average Bonchev–Trinajstić information content (AvgIpc) is 2.63. The summed E-state index contributed by atoms with van der Waals surface area (Å²) in [4.78, 5) is 14.6. The van der Waals surface area contributed by atoms with Crippen LogP contribution in [0.5, 0.6) is 0 Å². The molecular formula is C18H17ClF3N3O3S. The molecule has 0 unspecified atom stereocenters. The highest BCUT2D eigenvalue weighted by atomic mass is 35.5. The number of benzene rings is 2. The molecule has 2 N–H and O–H groups in total. The summed E-state index contributed by atoms with van der Waals surface area (Å²) >= 11 is 5.84. The van der Waals surface area contributed by atoms with Gasteiger partial charge in [-0.2, -0.15) is 13.2 Å². The number of hydrogen-bond acceptors (Lipinski definition) is 4. The number of amides is 1. The third-order valence-electron chi connectivity index (χ3n) is 4.55. The molecule has 1 aliphatic heterocycles. The van der Waals surface area contributed by atoms with Gasteiger partial charge >= 0.3 is 6.18 Å². The minimum Gasteiger partial charge on any atom is -0.360 e. The zero-order valence-corrected chi connectivity index (χ0v) is 16.6. The maximum atomic E-state index is 13.3. The number of piperazine rings is 1. The van der Waals surface area contributed by atoms with Gasteiger partial charge in [0.05, 0.1) is 17.0 Å². The molecule has 0 saturated carbocycles. The summed E-state index contributed by atoms with van der Waals surface area (Å²) in [5.74, 6) is -0.254. The van der Waals surface area contributed by atoms with Gasteiger partial charge in [0.15, 0.2) is 0 Å². The van der Waals surface area contributed by atoms with E-state index in [1.54, 1.807) is 29.2 Å². The van der Waals surface area contributed by atoms with Gasteiger partial charge in [-0.25, -0.2) is 13.6 Å². The van der Waals surface area contributed by atoms with Gasteiger partial charge in [-0.1, -0.05) is 23.7 Å². The molecule has 0 aromatic heterocycles. The lowest BCUT2D eigenvalue weighted by atomic mass is 10.1. The molecule has 6 nitrogen and oxygen atoms in total. The van der Waals surface area contributed by atoms with Gasteiger partial charge in [0.25, 0.3) is 0 Å². The largest absolute Gasteiger partial charge is 0.417 e. The number of nitrogens with two attached hydrogens (primary N) is 1. The smallest absolute Gasteiger partial charge is 0.360 e. The average molecular weight is 448 g/mol. The Bertz CT molecular complexity index is 1030. The fourth-order valence-electron chi connectivity index (χ4n) is 3.09. The first kappa shape index (κ1) is 21.4. The molecule has 0 radical (unpaired) electrons. The van der Waals surface area contributed by atoms with E-state index < -0.39 is 26.7 Å². The van der Waals surface area contributed by atoms with Crippen molar-refractivity contribution in [3.05, 3.63) is 58.6 Å². The van der Waals surface area contributed by atoms with Gasteiger partial charge in [-0.05, 0) is 35.9 Å². The number of rotatable bonds is 4. The monoisotopic (exact) mass is 447 g/mol. The van der Waals surface area contributed by atoms with Crippen LogP contribution in [0.2, 0.25) is 5.02 Å². The van der Waals surface area contributed by atoms with Crippen LogP contribution >= 0.6 is 11.6 Å². The fraction of sp³-hybridized carbons (Fsp3) is 0.278. The van der Waals surface area contributed by atoms with E-state index in [9.17, 15) is 26.4 Å². The highest BCUT2D eigenvalue weighted by Gasteiger charge is 2.37. The molecule has 0 spiro atoms. The number of nitrogens with zero attached hydrogens (tertiary/aromatic N) is 2. The Morgan fingerprint density at radius 2 is 1.72 bits per heavy atom. The van der Waals surface area contributed by atoms with Crippen LogP contribution in [-0.4, -0.2) is 38.9 Å². The summed E-state index contributed by atoms with van der Waals surface area (Å²) in [5.41, 5.74) is -0.370. The lowest BCUT2D eigenvalue weighted by molar-refractivity contribution is -0.139. The van der Waals surface area contributed by atoms with E-state index in [2.05, 4.69) is 0 Å². The number of hydrogen-bond donors (Lipinski definition) is 1. The van der Waals surface area contributed by atoms with Crippen molar-refractivity contribution >= 4 is 33.2 Å². The molecule has 2 aromatic rings. The quantitative estimate of drug-likeness (QED) is 0.781. The Hall–Kier alpha value is -2.30. The Labute approximate surface area is 170 Å². The highest BCUT2D eigenvalue weighted by Crippen LogP contribution is 2.36. The lowest BCUT2D eigenvalue weighted by Gasteiger charge is -2.36. The van der Waals surface area contributed by atoms with Crippen molar-refractivity contribution in [1.29, 1.82) is 0 Å². The Balaban J connectivity index is 1.79. The normalized spacial score (nSPS) is 15.7. The van der Waals surface area contributed by atoms with Crippen molar-refractivity contribution < 1.29 is 26.4 Å². The lowest BCUT2D eigenvalue weighted by Crippen LogP contribution is -2.50. The second-order valence-corrected chi connectivity index (χ2v) is 8.55. The summed E-state index contributed by atoms with van der Waals surface area (Å²) in [6.07, 6.45) is -4.90. The zero-order valence-electron chi connectivity index (χ0n) is 15.0. The third kappa shape index (κ3) is 5.01.